The van der Waals surface area contributed by atoms with Crippen molar-refractivity contribution in [1.82, 2.24) is 0 Å². The molecule has 0 aliphatic rings. The Hall–Kier alpha value is -2.68. The van der Waals surface area contributed by atoms with Gasteiger partial charge in [-0.2, -0.15) is 0 Å². The van der Waals surface area contributed by atoms with Gasteiger partial charge in [0.2, 0.25) is 0 Å². The monoisotopic (exact) mass is 398 g/mol. The van der Waals surface area contributed by atoms with Crippen molar-refractivity contribution in [3.63, 3.8) is 0 Å². The van der Waals surface area contributed by atoms with E-state index in [0.717, 1.165) is 22.1 Å². The van der Waals surface area contributed by atoms with Gasteiger partial charge in [0.1, 0.15) is 13.1 Å². The second-order valence-electron chi connectivity index (χ2n) is 10.5. The van der Waals surface area contributed by atoms with Crippen molar-refractivity contribution >= 4 is 21.5 Å². The van der Waals surface area contributed by atoms with Gasteiger partial charge in [-0.05, 0) is 32.7 Å². The lowest BCUT2D eigenvalue weighted by molar-refractivity contribution is -0.884. The maximum Gasteiger partial charge on any atom is 0.104 e. The molecule has 0 radical (unpaired) electrons. The number of hydrogen-bond acceptors (Lipinski definition) is 0. The zero-order valence-corrected chi connectivity index (χ0v) is 19.2. The van der Waals surface area contributed by atoms with Crippen LogP contribution < -0.4 is 0 Å². The highest BCUT2D eigenvalue weighted by Crippen LogP contribution is 2.40. The molecule has 30 heavy (non-hydrogen) atoms. The van der Waals surface area contributed by atoms with E-state index >= 15 is 0 Å². The molecule has 154 valence electrons. The third-order valence-corrected chi connectivity index (χ3v) is 5.57. The first kappa shape index (κ1) is 20.6. The second kappa shape index (κ2) is 7.54. The molecule has 0 saturated heterocycles. The first-order valence-electron chi connectivity index (χ1n) is 10.7. The van der Waals surface area contributed by atoms with Crippen LogP contribution in [0, 0.1) is 0 Å². The third-order valence-electron chi connectivity index (χ3n) is 5.57. The van der Waals surface area contributed by atoms with Crippen molar-refractivity contribution in [1.29, 1.82) is 0 Å². The summed E-state index contributed by atoms with van der Waals surface area (Å²) in [6.45, 7) is 1.99. The van der Waals surface area contributed by atoms with Gasteiger partial charge in [-0.25, -0.2) is 0 Å². The first-order valence-corrected chi connectivity index (χ1v) is 10.7. The summed E-state index contributed by atoms with van der Waals surface area (Å²) in [5, 5.41) is 5.31. The van der Waals surface area contributed by atoms with Gasteiger partial charge in [0.25, 0.3) is 0 Å². The molecule has 4 aromatic carbocycles. The van der Waals surface area contributed by atoms with E-state index in [1.54, 1.807) is 0 Å². The van der Waals surface area contributed by atoms with Gasteiger partial charge in [-0.15, -0.1) is 0 Å². The molecule has 0 bridgehead atoms. The van der Waals surface area contributed by atoms with Crippen LogP contribution in [-0.4, -0.2) is 51.3 Å². The summed E-state index contributed by atoms with van der Waals surface area (Å²) < 4.78 is 1.81. The summed E-state index contributed by atoms with van der Waals surface area (Å²) in [5.41, 5.74) is 5.64. The van der Waals surface area contributed by atoms with Crippen LogP contribution in [0.3, 0.4) is 0 Å². The molecular formula is C28H34N2+2. The molecular weight excluding hydrogens is 364 g/mol. The summed E-state index contributed by atoms with van der Waals surface area (Å²) in [6, 6.07) is 26.9. The molecule has 4 aromatic rings. The van der Waals surface area contributed by atoms with E-state index in [-0.39, 0.29) is 0 Å². The van der Waals surface area contributed by atoms with Gasteiger partial charge in [-0.1, -0.05) is 72.8 Å². The van der Waals surface area contributed by atoms with Gasteiger partial charge in [-0.3, -0.25) is 0 Å². The van der Waals surface area contributed by atoms with Crippen LogP contribution in [0.4, 0.5) is 0 Å². The van der Waals surface area contributed by atoms with Crippen molar-refractivity contribution in [3.05, 3.63) is 83.9 Å². The highest BCUT2D eigenvalue weighted by molar-refractivity contribution is 6.07. The SMILES string of the molecule is C[N+](C)(C)Cc1ccc2ccccc2c1-c1c(C[N+](C)(C)C)ccc2ccccc12. The van der Waals surface area contributed by atoms with Gasteiger partial charge in [0, 0.05) is 11.1 Å². The standard InChI is InChI=1S/C28H34N2/c1-29(2,3)19-23-17-15-21-11-7-9-13-25(21)27(23)28-24(20-30(4,5)6)18-16-22-12-8-10-14-26(22)28/h7-18H,19-20H2,1-6H3/q+2. The number of quaternary nitrogens is 2. The Morgan fingerprint density at radius 3 is 1.20 bits per heavy atom. The molecule has 2 nitrogen and oxygen atoms in total. The van der Waals surface area contributed by atoms with Crippen LogP contribution in [0.25, 0.3) is 32.7 Å². The van der Waals surface area contributed by atoms with Gasteiger partial charge >= 0.3 is 0 Å². The van der Waals surface area contributed by atoms with Crippen LogP contribution in [-0.2, 0) is 13.1 Å². The number of benzene rings is 4. The molecule has 0 saturated carbocycles. The maximum atomic E-state index is 2.35. The molecule has 0 unspecified atom stereocenters. The number of rotatable bonds is 5. The summed E-state index contributed by atoms with van der Waals surface area (Å²) in [4.78, 5) is 0. The highest BCUT2D eigenvalue weighted by atomic mass is 15.3. The Morgan fingerprint density at radius 2 is 0.833 bits per heavy atom. The van der Waals surface area contributed by atoms with Crippen molar-refractivity contribution in [3.8, 4) is 11.1 Å². The lowest BCUT2D eigenvalue weighted by Gasteiger charge is -2.29. The van der Waals surface area contributed by atoms with E-state index in [1.807, 2.05) is 0 Å². The van der Waals surface area contributed by atoms with E-state index in [1.165, 1.54) is 43.8 Å². The molecule has 0 aliphatic heterocycles. The topological polar surface area (TPSA) is 0 Å². The fourth-order valence-corrected chi connectivity index (χ4v) is 4.51. The second-order valence-corrected chi connectivity index (χ2v) is 10.5. The fourth-order valence-electron chi connectivity index (χ4n) is 4.51. The average Bonchev–Trinajstić information content (AvgIpc) is 2.66. The Morgan fingerprint density at radius 1 is 0.467 bits per heavy atom. The normalized spacial score (nSPS) is 12.6. The minimum absolute atomic E-state index is 0.904. The van der Waals surface area contributed by atoms with Crippen molar-refractivity contribution in [2.24, 2.45) is 0 Å². The van der Waals surface area contributed by atoms with E-state index in [4.69, 9.17) is 0 Å². The quantitative estimate of drug-likeness (QED) is 0.358. The van der Waals surface area contributed by atoms with E-state index in [0.29, 0.717) is 0 Å². The van der Waals surface area contributed by atoms with Gasteiger partial charge in [0.15, 0.2) is 0 Å². The lowest BCUT2D eigenvalue weighted by Crippen LogP contribution is -2.34. The summed E-state index contributed by atoms with van der Waals surface area (Å²) in [7, 11) is 13.6. The zero-order chi connectivity index (χ0) is 21.5. The molecule has 0 aliphatic carbocycles. The molecule has 4 rings (SSSR count). The molecule has 0 amide bonds. The minimum Gasteiger partial charge on any atom is -0.327 e. The van der Waals surface area contributed by atoms with E-state index in [2.05, 4.69) is 115 Å². The predicted molar refractivity (Wildman–Crippen MR) is 130 cm³/mol. The molecule has 0 atom stereocenters. The largest absolute Gasteiger partial charge is 0.327 e. The maximum absolute atomic E-state index is 2.35. The van der Waals surface area contributed by atoms with Crippen LogP contribution in [0.1, 0.15) is 11.1 Å². The van der Waals surface area contributed by atoms with Crippen molar-refractivity contribution < 1.29 is 8.97 Å². The molecule has 0 heterocycles. The van der Waals surface area contributed by atoms with E-state index < -0.39 is 0 Å². The Bertz CT molecular complexity index is 1110. The highest BCUT2D eigenvalue weighted by Gasteiger charge is 2.22. The molecule has 0 N–H and O–H groups in total. The Kier molecular flexibility index (Phi) is 5.17. The predicted octanol–water partition coefficient (Wildman–Crippen LogP) is 6.07. The molecule has 0 aromatic heterocycles. The molecule has 0 fully saturated rings. The fraction of sp³-hybridized carbons (Fsp3) is 0.286. The summed E-state index contributed by atoms with van der Waals surface area (Å²) >= 11 is 0. The number of nitrogens with zero attached hydrogens (tertiary/aromatic N) is 2. The Balaban J connectivity index is 2.13. The number of hydrogen-bond donors (Lipinski definition) is 0. The smallest absolute Gasteiger partial charge is 0.104 e. The zero-order valence-electron chi connectivity index (χ0n) is 19.2. The van der Waals surface area contributed by atoms with Crippen LogP contribution >= 0.6 is 0 Å². The lowest BCUT2D eigenvalue weighted by atomic mass is 9.86. The van der Waals surface area contributed by atoms with Crippen LogP contribution in [0.15, 0.2) is 72.8 Å². The minimum atomic E-state index is 0.904. The van der Waals surface area contributed by atoms with Crippen LogP contribution in [0.2, 0.25) is 0 Å². The summed E-state index contributed by atoms with van der Waals surface area (Å²) in [5.74, 6) is 0. The summed E-state index contributed by atoms with van der Waals surface area (Å²) in [6.07, 6.45) is 0. The van der Waals surface area contributed by atoms with Crippen molar-refractivity contribution in [2.75, 3.05) is 42.3 Å². The van der Waals surface area contributed by atoms with E-state index in [9.17, 15) is 0 Å². The van der Waals surface area contributed by atoms with Crippen molar-refractivity contribution in [2.45, 2.75) is 13.1 Å². The molecule has 0 spiro atoms. The third kappa shape index (κ3) is 4.26. The molecule has 2 heteroatoms. The van der Waals surface area contributed by atoms with Gasteiger partial charge in [0.05, 0.1) is 42.3 Å². The Labute approximate surface area is 181 Å². The van der Waals surface area contributed by atoms with Gasteiger partial charge < -0.3 is 8.97 Å². The number of fused-ring (bicyclic) bond motifs is 2. The first-order chi connectivity index (χ1) is 14.1. The van der Waals surface area contributed by atoms with Crippen LogP contribution in [0.5, 0.6) is 0 Å². The average molecular weight is 399 g/mol.